The Hall–Kier alpha value is -0.930. The van der Waals surface area contributed by atoms with Crippen LogP contribution in [-0.2, 0) is 0 Å². The van der Waals surface area contributed by atoms with Crippen LogP contribution in [0.4, 0.5) is 4.39 Å². The van der Waals surface area contributed by atoms with E-state index in [1.165, 1.54) is 6.07 Å². The zero-order valence-corrected chi connectivity index (χ0v) is 7.50. The summed E-state index contributed by atoms with van der Waals surface area (Å²) in [4.78, 5) is 0. The Kier molecular flexibility index (Phi) is 3.39. The Morgan fingerprint density at radius 1 is 1.46 bits per heavy atom. The van der Waals surface area contributed by atoms with Gasteiger partial charge in [-0.2, -0.15) is 0 Å². The second-order valence-corrected chi connectivity index (χ2v) is 3.05. The van der Waals surface area contributed by atoms with Crippen LogP contribution in [0, 0.1) is 12.7 Å². The first-order valence-corrected chi connectivity index (χ1v) is 4.20. The molecule has 1 rings (SSSR count). The zero-order valence-electron chi connectivity index (χ0n) is 7.50. The maximum Gasteiger partial charge on any atom is 0.129 e. The highest BCUT2D eigenvalue weighted by Crippen LogP contribution is 2.20. The Labute approximate surface area is 76.6 Å². The van der Waals surface area contributed by atoms with Gasteiger partial charge in [-0.3, -0.25) is 0 Å². The van der Waals surface area contributed by atoms with Crippen molar-refractivity contribution in [3.8, 4) is 0 Å². The lowest BCUT2D eigenvalue weighted by Gasteiger charge is -2.10. The van der Waals surface area contributed by atoms with E-state index in [2.05, 4.69) is 0 Å². The van der Waals surface area contributed by atoms with Gasteiger partial charge >= 0.3 is 0 Å². The predicted molar refractivity (Wildman–Crippen MR) is 47.8 cm³/mol. The molecule has 0 aliphatic carbocycles. The molecule has 0 bridgehead atoms. The molecule has 0 saturated heterocycles. The molecule has 0 aliphatic rings. The molecule has 0 aliphatic heterocycles. The Morgan fingerprint density at radius 2 is 2.15 bits per heavy atom. The SMILES string of the molecule is Cc1ccc(C(O)CCO)c(F)c1. The van der Waals surface area contributed by atoms with Crippen LogP contribution in [0.1, 0.15) is 23.7 Å². The fourth-order valence-corrected chi connectivity index (χ4v) is 1.18. The molecule has 0 aromatic heterocycles. The first kappa shape index (κ1) is 10.2. The summed E-state index contributed by atoms with van der Waals surface area (Å²) >= 11 is 0. The van der Waals surface area contributed by atoms with Gasteiger partial charge in [-0.25, -0.2) is 4.39 Å². The van der Waals surface area contributed by atoms with Crippen molar-refractivity contribution in [1.82, 2.24) is 0 Å². The average Bonchev–Trinajstić information content (AvgIpc) is 2.04. The lowest BCUT2D eigenvalue weighted by atomic mass is 10.0. The van der Waals surface area contributed by atoms with Crippen LogP contribution in [-0.4, -0.2) is 16.8 Å². The van der Waals surface area contributed by atoms with E-state index < -0.39 is 11.9 Å². The normalized spacial score (nSPS) is 12.9. The average molecular weight is 184 g/mol. The summed E-state index contributed by atoms with van der Waals surface area (Å²) in [6.07, 6.45) is -0.745. The summed E-state index contributed by atoms with van der Waals surface area (Å²) < 4.78 is 13.2. The predicted octanol–water partition coefficient (Wildman–Crippen LogP) is 1.55. The van der Waals surface area contributed by atoms with Gasteiger partial charge in [-0.05, 0) is 18.6 Å². The van der Waals surface area contributed by atoms with Crippen LogP contribution in [0.3, 0.4) is 0 Å². The van der Waals surface area contributed by atoms with E-state index in [-0.39, 0.29) is 18.6 Å². The molecular formula is C10H13FO2. The standard InChI is InChI=1S/C10H13FO2/c1-7-2-3-8(9(11)6-7)10(13)4-5-12/h2-3,6,10,12-13H,4-5H2,1H3. The number of hydrogen-bond acceptors (Lipinski definition) is 2. The monoisotopic (exact) mass is 184 g/mol. The van der Waals surface area contributed by atoms with Gasteiger partial charge in [-0.1, -0.05) is 12.1 Å². The molecule has 0 amide bonds. The van der Waals surface area contributed by atoms with Crippen molar-refractivity contribution < 1.29 is 14.6 Å². The minimum absolute atomic E-state index is 0.144. The summed E-state index contributed by atoms with van der Waals surface area (Å²) in [6.45, 7) is 1.64. The molecule has 2 N–H and O–H groups in total. The summed E-state index contributed by atoms with van der Waals surface area (Å²) in [5.41, 5.74) is 1.07. The van der Waals surface area contributed by atoms with Crippen LogP contribution in [0.2, 0.25) is 0 Å². The molecule has 2 nitrogen and oxygen atoms in total. The van der Waals surface area contributed by atoms with Crippen LogP contribution >= 0.6 is 0 Å². The van der Waals surface area contributed by atoms with Crippen molar-refractivity contribution in [1.29, 1.82) is 0 Å². The first-order valence-electron chi connectivity index (χ1n) is 4.20. The number of aryl methyl sites for hydroxylation is 1. The van der Waals surface area contributed by atoms with E-state index in [9.17, 15) is 9.50 Å². The Morgan fingerprint density at radius 3 is 2.69 bits per heavy atom. The van der Waals surface area contributed by atoms with Gasteiger partial charge in [0.25, 0.3) is 0 Å². The van der Waals surface area contributed by atoms with E-state index in [1.54, 1.807) is 19.1 Å². The second kappa shape index (κ2) is 4.35. The molecular weight excluding hydrogens is 171 g/mol. The number of hydrogen-bond donors (Lipinski definition) is 2. The van der Waals surface area contributed by atoms with Gasteiger partial charge in [0.15, 0.2) is 0 Å². The topological polar surface area (TPSA) is 40.5 Å². The smallest absolute Gasteiger partial charge is 0.129 e. The molecule has 0 radical (unpaired) electrons. The number of aliphatic hydroxyl groups is 2. The van der Waals surface area contributed by atoms with E-state index in [0.29, 0.717) is 0 Å². The van der Waals surface area contributed by atoms with Gasteiger partial charge in [0.05, 0.1) is 6.10 Å². The van der Waals surface area contributed by atoms with E-state index >= 15 is 0 Å². The van der Waals surface area contributed by atoms with Crippen LogP contribution in [0.5, 0.6) is 0 Å². The van der Waals surface area contributed by atoms with Crippen LogP contribution in [0.15, 0.2) is 18.2 Å². The van der Waals surface area contributed by atoms with Gasteiger partial charge in [0, 0.05) is 18.6 Å². The third kappa shape index (κ3) is 2.50. The minimum Gasteiger partial charge on any atom is -0.396 e. The minimum atomic E-state index is -0.911. The third-order valence-electron chi connectivity index (χ3n) is 1.92. The van der Waals surface area contributed by atoms with Crippen molar-refractivity contribution in [3.63, 3.8) is 0 Å². The van der Waals surface area contributed by atoms with E-state index in [0.717, 1.165) is 5.56 Å². The summed E-state index contributed by atoms with van der Waals surface area (Å²) in [6, 6.07) is 4.65. The Bertz CT molecular complexity index is 286. The van der Waals surface area contributed by atoms with Gasteiger partial charge in [-0.15, -0.1) is 0 Å². The van der Waals surface area contributed by atoms with Gasteiger partial charge < -0.3 is 10.2 Å². The third-order valence-corrected chi connectivity index (χ3v) is 1.92. The molecule has 0 heterocycles. The number of aliphatic hydroxyl groups excluding tert-OH is 2. The summed E-state index contributed by atoms with van der Waals surface area (Å²) in [5.74, 6) is -0.416. The molecule has 0 fully saturated rings. The highest BCUT2D eigenvalue weighted by Gasteiger charge is 2.11. The molecule has 0 spiro atoms. The highest BCUT2D eigenvalue weighted by molar-refractivity contribution is 5.25. The number of rotatable bonds is 3. The van der Waals surface area contributed by atoms with Crippen LogP contribution in [0.25, 0.3) is 0 Å². The Balaban J connectivity index is 2.88. The largest absolute Gasteiger partial charge is 0.396 e. The molecule has 1 atom stereocenters. The van der Waals surface area contributed by atoms with E-state index in [1.807, 2.05) is 0 Å². The molecule has 1 unspecified atom stereocenters. The van der Waals surface area contributed by atoms with Crippen molar-refractivity contribution in [2.45, 2.75) is 19.4 Å². The summed E-state index contributed by atoms with van der Waals surface area (Å²) in [7, 11) is 0. The number of benzene rings is 1. The maximum atomic E-state index is 13.2. The van der Waals surface area contributed by atoms with Gasteiger partial charge in [0.2, 0.25) is 0 Å². The fourth-order valence-electron chi connectivity index (χ4n) is 1.18. The number of halogens is 1. The zero-order chi connectivity index (χ0) is 9.84. The first-order chi connectivity index (χ1) is 6.15. The molecule has 0 saturated carbocycles. The van der Waals surface area contributed by atoms with Crippen molar-refractivity contribution in [2.75, 3.05) is 6.61 Å². The van der Waals surface area contributed by atoms with Crippen LogP contribution < -0.4 is 0 Å². The summed E-state index contributed by atoms with van der Waals surface area (Å²) in [5, 5.41) is 18.0. The molecule has 72 valence electrons. The van der Waals surface area contributed by atoms with Gasteiger partial charge in [0.1, 0.15) is 5.82 Å². The lowest BCUT2D eigenvalue weighted by molar-refractivity contribution is 0.131. The van der Waals surface area contributed by atoms with Crippen molar-refractivity contribution in [3.05, 3.63) is 35.1 Å². The van der Waals surface area contributed by atoms with Crippen molar-refractivity contribution in [2.24, 2.45) is 0 Å². The molecule has 3 heteroatoms. The maximum absolute atomic E-state index is 13.2. The van der Waals surface area contributed by atoms with Crippen molar-refractivity contribution >= 4 is 0 Å². The lowest BCUT2D eigenvalue weighted by Crippen LogP contribution is -2.03. The molecule has 1 aromatic rings. The molecule has 13 heavy (non-hydrogen) atoms. The fraction of sp³-hybridized carbons (Fsp3) is 0.400. The molecule has 1 aromatic carbocycles. The highest BCUT2D eigenvalue weighted by atomic mass is 19.1. The second-order valence-electron chi connectivity index (χ2n) is 3.05. The quantitative estimate of drug-likeness (QED) is 0.748. The van der Waals surface area contributed by atoms with E-state index in [4.69, 9.17) is 5.11 Å².